The number of rotatable bonds is 5. The molecule has 0 radical (unpaired) electrons. The predicted molar refractivity (Wildman–Crippen MR) is 128 cm³/mol. The lowest BCUT2D eigenvalue weighted by Crippen LogP contribution is -2.59. The summed E-state index contributed by atoms with van der Waals surface area (Å²) in [6.45, 7) is 5.97. The number of benzene rings is 2. The Kier molecular flexibility index (Phi) is 5.98. The molecule has 0 spiro atoms. The van der Waals surface area contributed by atoms with Crippen molar-refractivity contribution >= 4 is 11.9 Å². The highest BCUT2D eigenvalue weighted by molar-refractivity contribution is 5.94. The number of morpholine rings is 1. The Hall–Kier alpha value is -3.63. The number of aromatic nitrogens is 4. The maximum Gasteiger partial charge on any atom is 0.338 e. The Morgan fingerprint density at radius 3 is 2.94 bits per heavy atom. The van der Waals surface area contributed by atoms with Crippen LogP contribution in [-0.2, 0) is 27.3 Å². The Balaban J connectivity index is 1.05. The number of aryl methyl sites for hydroxylation is 1. The molecule has 1 aromatic heterocycles. The van der Waals surface area contributed by atoms with E-state index in [1.807, 2.05) is 48.2 Å². The number of esters is 1. The molecule has 3 aromatic rings. The van der Waals surface area contributed by atoms with Crippen molar-refractivity contribution in [2.75, 3.05) is 32.8 Å². The number of cyclic esters (lactones) is 1. The number of amides is 1. The van der Waals surface area contributed by atoms with Gasteiger partial charge in [-0.3, -0.25) is 9.69 Å². The normalized spacial score (nSPS) is 21.7. The van der Waals surface area contributed by atoms with Gasteiger partial charge in [-0.2, -0.15) is 0 Å². The van der Waals surface area contributed by atoms with Gasteiger partial charge in [0.05, 0.1) is 30.0 Å². The molecular formula is C26H28N6O4. The molecule has 3 aliphatic heterocycles. The van der Waals surface area contributed by atoms with Crippen LogP contribution in [0.3, 0.4) is 0 Å². The summed E-state index contributed by atoms with van der Waals surface area (Å²) in [7, 11) is 0. The van der Waals surface area contributed by atoms with E-state index >= 15 is 0 Å². The van der Waals surface area contributed by atoms with Gasteiger partial charge in [-0.05, 0) is 58.7 Å². The first-order valence-electron chi connectivity index (χ1n) is 12.3. The average molecular weight is 489 g/mol. The van der Waals surface area contributed by atoms with Gasteiger partial charge in [0.15, 0.2) is 0 Å². The molecule has 6 rings (SSSR count). The maximum atomic E-state index is 13.0. The number of carbonyl (C=O) groups is 2. The Labute approximate surface area is 208 Å². The van der Waals surface area contributed by atoms with Gasteiger partial charge in [0.25, 0.3) is 0 Å². The third kappa shape index (κ3) is 4.27. The lowest BCUT2D eigenvalue weighted by molar-refractivity contribution is -0.140. The van der Waals surface area contributed by atoms with Gasteiger partial charge in [0.2, 0.25) is 5.91 Å². The summed E-state index contributed by atoms with van der Waals surface area (Å²) >= 11 is 0. The molecule has 10 heteroatoms. The number of tetrazole rings is 1. The molecule has 2 saturated heterocycles. The minimum Gasteiger partial charge on any atom is -0.457 e. The van der Waals surface area contributed by atoms with E-state index in [4.69, 9.17) is 9.47 Å². The number of carbonyl (C=O) groups excluding carboxylic acids is 2. The molecule has 0 aliphatic carbocycles. The molecule has 0 unspecified atom stereocenters. The molecule has 186 valence electrons. The van der Waals surface area contributed by atoms with Crippen molar-refractivity contribution in [3.05, 3.63) is 70.5 Å². The summed E-state index contributed by atoms with van der Waals surface area (Å²) in [6, 6.07) is 12.0. The topological polar surface area (TPSA) is 103 Å². The number of fused-ring (bicyclic) bond motifs is 2. The summed E-state index contributed by atoms with van der Waals surface area (Å²) in [5.41, 5.74) is 5.80. The molecule has 36 heavy (non-hydrogen) atoms. The molecule has 2 aromatic carbocycles. The molecule has 0 saturated carbocycles. The predicted octanol–water partition coefficient (Wildman–Crippen LogP) is 1.86. The van der Waals surface area contributed by atoms with Crippen LogP contribution in [0.25, 0.3) is 5.69 Å². The quantitative estimate of drug-likeness (QED) is 0.502. The number of ether oxygens (including phenoxy) is 2. The van der Waals surface area contributed by atoms with Crippen LogP contribution in [0.1, 0.15) is 45.1 Å². The van der Waals surface area contributed by atoms with Crippen LogP contribution in [0, 0.1) is 6.92 Å². The van der Waals surface area contributed by atoms with Gasteiger partial charge in [-0.1, -0.05) is 18.2 Å². The van der Waals surface area contributed by atoms with Gasteiger partial charge in [-0.15, -0.1) is 5.10 Å². The Morgan fingerprint density at radius 1 is 1.17 bits per heavy atom. The monoisotopic (exact) mass is 488 g/mol. The van der Waals surface area contributed by atoms with Gasteiger partial charge < -0.3 is 14.4 Å². The fourth-order valence-electron chi connectivity index (χ4n) is 5.46. The van der Waals surface area contributed by atoms with Crippen molar-refractivity contribution in [1.82, 2.24) is 30.0 Å². The third-order valence-electron chi connectivity index (χ3n) is 7.55. The van der Waals surface area contributed by atoms with Crippen molar-refractivity contribution in [1.29, 1.82) is 0 Å². The second-order valence-electron chi connectivity index (χ2n) is 9.62. The molecule has 4 heterocycles. The molecule has 1 amide bonds. The van der Waals surface area contributed by atoms with E-state index in [2.05, 4.69) is 20.4 Å². The lowest BCUT2D eigenvalue weighted by atomic mass is 9.94. The molecule has 2 fully saturated rings. The standard InChI is InChI=1S/C26H28N6O4/c1-17-21(6-7-22-23(17)15-36-26(22)34)24-13-30-9-10-31(12-20(30)14-35-24)25(33)8-5-18-3-2-4-19(11-18)32-16-27-28-29-32/h2-4,6-7,11,16,20,24H,5,8-10,12-15H2,1H3/t20-,24+/m0/s1. The van der Waals surface area contributed by atoms with Crippen LogP contribution in [0.5, 0.6) is 0 Å². The molecule has 0 bridgehead atoms. The fraction of sp³-hybridized carbons (Fsp3) is 0.423. The highest BCUT2D eigenvalue weighted by Crippen LogP contribution is 2.33. The molecular weight excluding hydrogens is 460 g/mol. The fourth-order valence-corrected chi connectivity index (χ4v) is 5.46. The van der Waals surface area contributed by atoms with Gasteiger partial charge in [0, 0.05) is 38.2 Å². The first-order valence-corrected chi connectivity index (χ1v) is 12.3. The van der Waals surface area contributed by atoms with E-state index in [0.29, 0.717) is 38.2 Å². The van der Waals surface area contributed by atoms with Crippen LogP contribution in [0.2, 0.25) is 0 Å². The average Bonchev–Trinajstić information content (AvgIpc) is 3.58. The van der Waals surface area contributed by atoms with Crippen molar-refractivity contribution < 1.29 is 19.1 Å². The molecule has 10 nitrogen and oxygen atoms in total. The zero-order valence-corrected chi connectivity index (χ0v) is 20.2. The van der Waals surface area contributed by atoms with Crippen LogP contribution < -0.4 is 0 Å². The first-order chi connectivity index (χ1) is 17.6. The zero-order valence-electron chi connectivity index (χ0n) is 20.2. The van der Waals surface area contributed by atoms with E-state index < -0.39 is 0 Å². The number of hydrogen-bond donors (Lipinski definition) is 0. The molecule has 3 aliphatic rings. The molecule has 2 atom stereocenters. The van der Waals surface area contributed by atoms with E-state index in [-0.39, 0.29) is 24.0 Å². The minimum atomic E-state index is -0.245. The van der Waals surface area contributed by atoms with E-state index in [1.165, 1.54) is 0 Å². The highest BCUT2D eigenvalue weighted by atomic mass is 16.5. The summed E-state index contributed by atoms with van der Waals surface area (Å²) in [5.74, 6) is -0.0750. The van der Waals surface area contributed by atoms with E-state index in [9.17, 15) is 9.59 Å². The summed E-state index contributed by atoms with van der Waals surface area (Å²) < 4.78 is 13.1. The summed E-state index contributed by atoms with van der Waals surface area (Å²) in [4.78, 5) is 29.3. The van der Waals surface area contributed by atoms with Gasteiger partial charge in [0.1, 0.15) is 12.9 Å². The Morgan fingerprint density at radius 2 is 2.08 bits per heavy atom. The first kappa shape index (κ1) is 22.8. The summed E-state index contributed by atoms with van der Waals surface area (Å²) in [5, 5.41) is 11.3. The second kappa shape index (κ2) is 9.44. The summed E-state index contributed by atoms with van der Waals surface area (Å²) in [6.07, 6.45) is 2.64. The van der Waals surface area contributed by atoms with Crippen molar-refractivity contribution in [2.45, 2.75) is 38.5 Å². The van der Waals surface area contributed by atoms with Crippen molar-refractivity contribution in [3.8, 4) is 5.69 Å². The van der Waals surface area contributed by atoms with Gasteiger partial charge >= 0.3 is 5.97 Å². The van der Waals surface area contributed by atoms with E-state index in [0.717, 1.165) is 47.6 Å². The molecule has 0 N–H and O–H groups in total. The van der Waals surface area contributed by atoms with E-state index in [1.54, 1.807) is 11.0 Å². The van der Waals surface area contributed by atoms with Crippen LogP contribution in [0.4, 0.5) is 0 Å². The van der Waals surface area contributed by atoms with Crippen LogP contribution >= 0.6 is 0 Å². The van der Waals surface area contributed by atoms with Gasteiger partial charge in [-0.25, -0.2) is 9.48 Å². The van der Waals surface area contributed by atoms with Crippen molar-refractivity contribution in [2.24, 2.45) is 0 Å². The highest BCUT2D eigenvalue weighted by Gasteiger charge is 2.36. The lowest BCUT2D eigenvalue weighted by Gasteiger charge is -2.46. The van der Waals surface area contributed by atoms with Crippen molar-refractivity contribution in [3.63, 3.8) is 0 Å². The zero-order chi connectivity index (χ0) is 24.6. The smallest absolute Gasteiger partial charge is 0.338 e. The SMILES string of the molecule is Cc1c([C@H]2CN3CCN(C(=O)CCc4cccc(-n5cnnn5)c4)C[C@H]3CO2)ccc2c1COC2=O. The third-order valence-corrected chi connectivity index (χ3v) is 7.55. The number of hydrogen-bond acceptors (Lipinski definition) is 8. The van der Waals surface area contributed by atoms with Crippen LogP contribution in [0.15, 0.2) is 42.7 Å². The minimum absolute atomic E-state index is 0.0445. The Bertz CT molecular complexity index is 1290. The number of piperazine rings is 1. The largest absolute Gasteiger partial charge is 0.457 e. The van der Waals surface area contributed by atoms with Crippen LogP contribution in [-0.4, -0.2) is 80.7 Å². The second-order valence-corrected chi connectivity index (χ2v) is 9.62. The maximum absolute atomic E-state index is 13.0. The number of nitrogens with zero attached hydrogens (tertiary/aromatic N) is 6.